The lowest BCUT2D eigenvalue weighted by atomic mass is 10.1. The highest BCUT2D eigenvalue weighted by molar-refractivity contribution is 5.95. The number of nitrogens with zero attached hydrogens (tertiary/aromatic N) is 1. The summed E-state index contributed by atoms with van der Waals surface area (Å²) in [6.07, 6.45) is 0. The van der Waals surface area contributed by atoms with Crippen molar-refractivity contribution >= 4 is 23.2 Å². The molecule has 0 heterocycles. The second kappa shape index (κ2) is 8.61. The lowest BCUT2D eigenvalue weighted by Gasteiger charge is -2.09. The Labute approximate surface area is 150 Å². The monoisotopic (exact) mass is 357 g/mol. The summed E-state index contributed by atoms with van der Waals surface area (Å²) in [5.74, 6) is -0.508. The molecule has 0 fully saturated rings. The molecule has 0 aliphatic rings. The number of nitrogens with one attached hydrogen (secondary N) is 2. The average molecular weight is 357 g/mol. The molecule has 0 spiro atoms. The van der Waals surface area contributed by atoms with Crippen molar-refractivity contribution in [1.82, 2.24) is 5.32 Å². The summed E-state index contributed by atoms with van der Waals surface area (Å²) in [6, 6.07) is 11.1. The van der Waals surface area contributed by atoms with E-state index in [1.807, 2.05) is 0 Å². The van der Waals surface area contributed by atoms with Gasteiger partial charge in [0, 0.05) is 30.8 Å². The Balaban J connectivity index is 2.09. The van der Waals surface area contributed by atoms with E-state index in [0.717, 1.165) is 5.56 Å². The van der Waals surface area contributed by atoms with Crippen molar-refractivity contribution in [2.75, 3.05) is 11.9 Å². The van der Waals surface area contributed by atoms with Crippen LogP contribution in [0.2, 0.25) is 0 Å². The average Bonchev–Trinajstić information content (AvgIpc) is 2.60. The molecule has 0 radical (unpaired) electrons. The zero-order valence-electron chi connectivity index (χ0n) is 14.4. The number of nitro benzene ring substituents is 1. The van der Waals surface area contributed by atoms with Gasteiger partial charge in [-0.05, 0) is 36.8 Å². The first-order valence-electron chi connectivity index (χ1n) is 7.96. The summed E-state index contributed by atoms with van der Waals surface area (Å²) in [5.41, 5.74) is 1.32. The quantitative estimate of drug-likeness (QED) is 0.585. The number of anilines is 1. The molecule has 8 nitrogen and oxygen atoms in total. The van der Waals surface area contributed by atoms with E-state index in [2.05, 4.69) is 10.6 Å². The highest BCUT2D eigenvalue weighted by Crippen LogP contribution is 2.28. The van der Waals surface area contributed by atoms with Gasteiger partial charge in [0.1, 0.15) is 0 Å². The van der Waals surface area contributed by atoms with Gasteiger partial charge < -0.3 is 15.4 Å². The third-order valence-corrected chi connectivity index (χ3v) is 3.42. The van der Waals surface area contributed by atoms with Crippen LogP contribution in [0, 0.1) is 10.1 Å². The fourth-order valence-electron chi connectivity index (χ4n) is 2.33. The third kappa shape index (κ3) is 5.04. The predicted molar refractivity (Wildman–Crippen MR) is 96.2 cm³/mol. The van der Waals surface area contributed by atoms with E-state index >= 15 is 0 Å². The van der Waals surface area contributed by atoms with E-state index in [1.165, 1.54) is 25.1 Å². The number of ether oxygens (including phenoxy) is 1. The van der Waals surface area contributed by atoms with Crippen molar-refractivity contribution in [1.29, 1.82) is 0 Å². The maximum absolute atomic E-state index is 12.3. The van der Waals surface area contributed by atoms with E-state index in [4.69, 9.17) is 4.74 Å². The summed E-state index contributed by atoms with van der Waals surface area (Å²) < 4.78 is 5.20. The number of carbonyl (C=O) groups excluding carboxylic acids is 2. The Morgan fingerprint density at radius 2 is 1.96 bits per heavy atom. The van der Waals surface area contributed by atoms with Crippen molar-refractivity contribution in [3.63, 3.8) is 0 Å². The number of carbonyl (C=O) groups is 2. The summed E-state index contributed by atoms with van der Waals surface area (Å²) in [4.78, 5) is 33.9. The number of rotatable bonds is 7. The first-order valence-corrected chi connectivity index (χ1v) is 7.96. The smallest absolute Gasteiger partial charge is 0.311 e. The zero-order valence-corrected chi connectivity index (χ0v) is 14.4. The van der Waals surface area contributed by atoms with Crippen LogP contribution in [-0.4, -0.2) is 23.3 Å². The van der Waals surface area contributed by atoms with Crippen molar-refractivity contribution < 1.29 is 19.2 Å². The number of hydrogen-bond donors (Lipinski definition) is 2. The zero-order chi connectivity index (χ0) is 19.1. The van der Waals surface area contributed by atoms with Gasteiger partial charge >= 0.3 is 5.69 Å². The van der Waals surface area contributed by atoms with E-state index in [9.17, 15) is 19.7 Å². The number of amides is 2. The molecule has 8 heteroatoms. The van der Waals surface area contributed by atoms with Crippen LogP contribution >= 0.6 is 0 Å². The third-order valence-electron chi connectivity index (χ3n) is 3.42. The molecule has 0 aromatic heterocycles. The van der Waals surface area contributed by atoms with Crippen LogP contribution in [0.15, 0.2) is 42.5 Å². The van der Waals surface area contributed by atoms with Crippen LogP contribution in [-0.2, 0) is 11.3 Å². The minimum Gasteiger partial charge on any atom is -0.487 e. The second-order valence-electron chi connectivity index (χ2n) is 5.44. The Hall–Kier alpha value is -3.42. The fraction of sp³-hybridized carbons (Fsp3) is 0.222. The molecule has 0 unspecified atom stereocenters. The molecule has 2 N–H and O–H groups in total. The summed E-state index contributed by atoms with van der Waals surface area (Å²) >= 11 is 0. The van der Waals surface area contributed by atoms with Crippen LogP contribution in [0.25, 0.3) is 0 Å². The van der Waals surface area contributed by atoms with Gasteiger partial charge in [-0.25, -0.2) is 0 Å². The molecule has 0 saturated heterocycles. The van der Waals surface area contributed by atoms with E-state index in [-0.39, 0.29) is 36.1 Å². The Morgan fingerprint density at radius 3 is 2.62 bits per heavy atom. The van der Waals surface area contributed by atoms with Crippen LogP contribution in [0.4, 0.5) is 11.4 Å². The van der Waals surface area contributed by atoms with Gasteiger partial charge in [-0.2, -0.15) is 0 Å². The lowest BCUT2D eigenvalue weighted by Crippen LogP contribution is -2.23. The molecule has 0 saturated carbocycles. The van der Waals surface area contributed by atoms with Crippen molar-refractivity contribution in [2.24, 2.45) is 0 Å². The molecule has 2 aromatic rings. The van der Waals surface area contributed by atoms with E-state index in [0.29, 0.717) is 5.69 Å². The van der Waals surface area contributed by atoms with Crippen molar-refractivity contribution in [3.8, 4) is 5.75 Å². The van der Waals surface area contributed by atoms with Gasteiger partial charge in [0.25, 0.3) is 5.91 Å². The molecule has 0 aliphatic carbocycles. The van der Waals surface area contributed by atoms with Gasteiger partial charge in [-0.3, -0.25) is 19.7 Å². The summed E-state index contributed by atoms with van der Waals surface area (Å²) in [7, 11) is 0. The number of benzene rings is 2. The van der Waals surface area contributed by atoms with Crippen LogP contribution in [0.1, 0.15) is 29.8 Å². The summed E-state index contributed by atoms with van der Waals surface area (Å²) in [6.45, 7) is 3.64. The lowest BCUT2D eigenvalue weighted by molar-refractivity contribution is -0.385. The Kier molecular flexibility index (Phi) is 6.26. The van der Waals surface area contributed by atoms with Crippen LogP contribution in [0.5, 0.6) is 5.75 Å². The van der Waals surface area contributed by atoms with Gasteiger partial charge in [0.05, 0.1) is 11.5 Å². The molecule has 0 aliphatic heterocycles. The number of nitro groups is 1. The van der Waals surface area contributed by atoms with Crippen LogP contribution < -0.4 is 15.4 Å². The van der Waals surface area contributed by atoms with E-state index < -0.39 is 10.8 Å². The Morgan fingerprint density at radius 1 is 1.19 bits per heavy atom. The Bertz CT molecular complexity index is 835. The van der Waals surface area contributed by atoms with Gasteiger partial charge in [-0.15, -0.1) is 0 Å². The molecule has 2 rings (SSSR count). The van der Waals surface area contributed by atoms with Gasteiger partial charge in [-0.1, -0.05) is 12.1 Å². The first kappa shape index (κ1) is 18.9. The highest BCUT2D eigenvalue weighted by Gasteiger charge is 2.18. The first-order chi connectivity index (χ1) is 12.4. The minimum atomic E-state index is -0.585. The number of hydrogen-bond acceptors (Lipinski definition) is 5. The molecule has 136 valence electrons. The summed E-state index contributed by atoms with van der Waals surface area (Å²) in [5, 5.41) is 16.5. The van der Waals surface area contributed by atoms with Crippen molar-refractivity contribution in [3.05, 3.63) is 63.7 Å². The predicted octanol–water partition coefficient (Wildman–Crippen LogP) is 2.88. The molecule has 2 aromatic carbocycles. The van der Waals surface area contributed by atoms with Crippen LogP contribution in [0.3, 0.4) is 0 Å². The SMILES string of the molecule is CCOc1ccc(C(=O)NCc2cccc(NC(C)=O)c2)cc1[N+](=O)[O-]. The van der Waals surface area contributed by atoms with Gasteiger partial charge in [0.2, 0.25) is 5.91 Å². The fourth-order valence-corrected chi connectivity index (χ4v) is 2.33. The maximum atomic E-state index is 12.3. The standard InChI is InChI=1S/C18H19N3O5/c1-3-26-17-8-7-14(10-16(17)21(24)25)18(23)19-11-13-5-4-6-15(9-13)20-12(2)22/h4-10H,3,11H2,1-2H3,(H,19,23)(H,20,22). The molecular formula is C18H19N3O5. The minimum absolute atomic E-state index is 0.122. The molecule has 2 amide bonds. The molecular weight excluding hydrogens is 338 g/mol. The van der Waals surface area contributed by atoms with Crippen molar-refractivity contribution in [2.45, 2.75) is 20.4 Å². The second-order valence-corrected chi connectivity index (χ2v) is 5.44. The largest absolute Gasteiger partial charge is 0.487 e. The maximum Gasteiger partial charge on any atom is 0.311 e. The topological polar surface area (TPSA) is 111 Å². The highest BCUT2D eigenvalue weighted by atomic mass is 16.6. The molecule has 26 heavy (non-hydrogen) atoms. The normalized spacial score (nSPS) is 10.1. The molecule has 0 bridgehead atoms. The van der Waals surface area contributed by atoms with Gasteiger partial charge in [0.15, 0.2) is 5.75 Å². The molecule has 0 atom stereocenters. The van der Waals surface area contributed by atoms with E-state index in [1.54, 1.807) is 31.2 Å².